The predicted molar refractivity (Wildman–Crippen MR) is 96.4 cm³/mol. The number of piperidine rings is 1. The summed E-state index contributed by atoms with van der Waals surface area (Å²) in [6.45, 7) is 7.11. The van der Waals surface area contributed by atoms with Crippen molar-refractivity contribution in [2.24, 2.45) is 16.4 Å². The van der Waals surface area contributed by atoms with Crippen LogP contribution in [0.1, 0.15) is 25.8 Å². The van der Waals surface area contributed by atoms with Gasteiger partial charge in [-0.1, -0.05) is 36.8 Å². The van der Waals surface area contributed by atoms with Gasteiger partial charge in [-0.25, -0.2) is 4.83 Å². The third-order valence-electron chi connectivity index (χ3n) is 5.12. The molecule has 24 heavy (non-hydrogen) atoms. The molecule has 1 N–H and O–H groups in total. The maximum absolute atomic E-state index is 12.4. The van der Waals surface area contributed by atoms with Gasteiger partial charge in [0, 0.05) is 24.2 Å². The SMILES string of the molecule is C/C(=N/NS(=O)(=O)c1ccc(C)cc1)C1CC2(C)C=CC1N(C)C2. The highest BCUT2D eigenvalue weighted by Gasteiger charge is 2.43. The lowest BCUT2D eigenvalue weighted by atomic mass is 9.67. The van der Waals surface area contributed by atoms with E-state index in [4.69, 9.17) is 0 Å². The van der Waals surface area contributed by atoms with Crippen molar-refractivity contribution >= 4 is 15.7 Å². The number of aryl methyl sites for hydroxylation is 1. The van der Waals surface area contributed by atoms with Crippen LogP contribution >= 0.6 is 0 Å². The largest absolute Gasteiger partial charge is 0.298 e. The van der Waals surface area contributed by atoms with Gasteiger partial charge < -0.3 is 0 Å². The smallest absolute Gasteiger partial charge is 0.276 e. The van der Waals surface area contributed by atoms with Gasteiger partial charge in [0.15, 0.2) is 0 Å². The van der Waals surface area contributed by atoms with Crippen molar-refractivity contribution < 1.29 is 8.42 Å². The molecular weight excluding hydrogens is 322 g/mol. The fourth-order valence-electron chi connectivity index (χ4n) is 3.78. The summed E-state index contributed by atoms with van der Waals surface area (Å²) in [5.41, 5.74) is 1.99. The summed E-state index contributed by atoms with van der Waals surface area (Å²) >= 11 is 0. The molecule has 5 nitrogen and oxygen atoms in total. The van der Waals surface area contributed by atoms with Crippen LogP contribution in [-0.4, -0.2) is 38.7 Å². The molecule has 0 saturated carbocycles. The van der Waals surface area contributed by atoms with E-state index in [-0.39, 0.29) is 16.2 Å². The topological polar surface area (TPSA) is 61.8 Å². The van der Waals surface area contributed by atoms with Crippen LogP contribution in [0.15, 0.2) is 46.4 Å². The summed E-state index contributed by atoms with van der Waals surface area (Å²) in [5, 5.41) is 4.22. The third kappa shape index (κ3) is 3.26. The lowest BCUT2D eigenvalue weighted by Gasteiger charge is -2.50. The number of hydrazone groups is 1. The number of rotatable bonds is 4. The normalized spacial score (nSPS) is 30.6. The monoisotopic (exact) mass is 347 g/mol. The summed E-state index contributed by atoms with van der Waals surface area (Å²) in [5.74, 6) is 0.236. The number of nitrogens with one attached hydrogen (secondary N) is 1. The standard InChI is InChI=1S/C18H25N3O2S/c1-13-5-7-15(8-6-13)24(22,23)20-19-14(2)16-11-18(3)10-9-17(16)21(4)12-18/h5-10,16-17,20H,11-12H2,1-4H3/b19-14-. The highest BCUT2D eigenvalue weighted by Crippen LogP contribution is 2.42. The van der Waals surface area contributed by atoms with Gasteiger partial charge in [0.25, 0.3) is 10.0 Å². The Bertz CT molecular complexity index is 783. The Kier molecular flexibility index (Phi) is 4.30. The predicted octanol–water partition coefficient (Wildman–Crippen LogP) is 2.55. The Morgan fingerprint density at radius 2 is 2.00 bits per heavy atom. The van der Waals surface area contributed by atoms with Crippen LogP contribution in [0.25, 0.3) is 0 Å². The van der Waals surface area contributed by atoms with Gasteiger partial charge in [0.1, 0.15) is 0 Å². The molecule has 6 heteroatoms. The van der Waals surface area contributed by atoms with Crippen LogP contribution in [0, 0.1) is 18.3 Å². The quantitative estimate of drug-likeness (QED) is 0.517. The Labute approximate surface area is 144 Å². The maximum atomic E-state index is 12.4. The van der Waals surface area contributed by atoms with E-state index in [0.29, 0.717) is 6.04 Å². The van der Waals surface area contributed by atoms with Crippen molar-refractivity contribution in [1.29, 1.82) is 0 Å². The van der Waals surface area contributed by atoms with Crippen LogP contribution in [0.4, 0.5) is 0 Å². The summed E-state index contributed by atoms with van der Waals surface area (Å²) in [4.78, 5) is 4.95. The van der Waals surface area contributed by atoms with E-state index < -0.39 is 10.0 Å². The first kappa shape index (κ1) is 17.2. The number of sulfonamides is 1. The zero-order chi connectivity index (χ0) is 17.5. The molecule has 1 fully saturated rings. The van der Waals surface area contributed by atoms with Crippen LogP contribution in [0.5, 0.6) is 0 Å². The van der Waals surface area contributed by atoms with Gasteiger partial charge in [-0.3, -0.25) is 4.90 Å². The number of fused-ring (bicyclic) bond motifs is 2. The van der Waals surface area contributed by atoms with Gasteiger partial charge in [0.05, 0.1) is 4.90 Å². The molecule has 1 aliphatic carbocycles. The van der Waals surface area contributed by atoms with Crippen molar-refractivity contribution in [1.82, 2.24) is 9.73 Å². The highest BCUT2D eigenvalue weighted by atomic mass is 32.2. The molecule has 3 aliphatic rings. The second-order valence-electron chi connectivity index (χ2n) is 7.39. The number of hydrogen-bond acceptors (Lipinski definition) is 4. The van der Waals surface area contributed by atoms with Crippen molar-refractivity contribution in [3.8, 4) is 0 Å². The van der Waals surface area contributed by atoms with E-state index in [9.17, 15) is 8.42 Å². The second kappa shape index (κ2) is 6.01. The molecule has 0 aromatic heterocycles. The Morgan fingerprint density at radius 3 is 2.58 bits per heavy atom. The minimum atomic E-state index is -3.62. The van der Waals surface area contributed by atoms with Crippen LogP contribution in [-0.2, 0) is 10.0 Å². The van der Waals surface area contributed by atoms with E-state index in [1.54, 1.807) is 24.3 Å². The third-order valence-corrected chi connectivity index (χ3v) is 6.35. The van der Waals surface area contributed by atoms with E-state index >= 15 is 0 Å². The maximum Gasteiger partial charge on any atom is 0.276 e. The summed E-state index contributed by atoms with van der Waals surface area (Å²) in [7, 11) is -1.51. The molecule has 1 aromatic rings. The molecule has 4 rings (SSSR count). The van der Waals surface area contributed by atoms with Crippen LogP contribution in [0.3, 0.4) is 0 Å². The molecule has 1 saturated heterocycles. The lowest BCUT2D eigenvalue weighted by Crippen LogP contribution is -2.54. The Morgan fingerprint density at radius 1 is 1.33 bits per heavy atom. The summed E-state index contributed by atoms with van der Waals surface area (Å²) < 4.78 is 24.8. The van der Waals surface area contributed by atoms with Crippen molar-refractivity contribution in [2.45, 2.75) is 38.1 Å². The average Bonchev–Trinajstić information content (AvgIpc) is 2.52. The van der Waals surface area contributed by atoms with Crippen molar-refractivity contribution in [3.05, 3.63) is 42.0 Å². The van der Waals surface area contributed by atoms with Crippen LogP contribution in [0.2, 0.25) is 0 Å². The molecule has 1 aromatic carbocycles. The molecular formula is C18H25N3O2S. The van der Waals surface area contributed by atoms with Crippen LogP contribution < -0.4 is 4.83 Å². The van der Waals surface area contributed by atoms with Crippen molar-refractivity contribution in [3.63, 3.8) is 0 Å². The minimum Gasteiger partial charge on any atom is -0.298 e. The van der Waals surface area contributed by atoms with Gasteiger partial charge in [-0.05, 0) is 44.9 Å². The van der Waals surface area contributed by atoms with Crippen molar-refractivity contribution in [2.75, 3.05) is 13.6 Å². The zero-order valence-electron chi connectivity index (χ0n) is 14.7. The summed E-state index contributed by atoms with van der Waals surface area (Å²) in [6.07, 6.45) is 5.52. The second-order valence-corrected chi connectivity index (χ2v) is 9.05. The first-order chi connectivity index (χ1) is 11.2. The van der Waals surface area contributed by atoms with E-state index in [1.807, 2.05) is 13.8 Å². The zero-order valence-corrected chi connectivity index (χ0v) is 15.5. The van der Waals surface area contributed by atoms with Gasteiger partial charge in [0.2, 0.25) is 0 Å². The van der Waals surface area contributed by atoms with Gasteiger partial charge in [-0.2, -0.15) is 13.5 Å². The molecule has 2 aliphatic heterocycles. The average molecular weight is 347 g/mol. The first-order valence-corrected chi connectivity index (χ1v) is 9.71. The molecule has 0 radical (unpaired) electrons. The van der Waals surface area contributed by atoms with Gasteiger partial charge in [-0.15, -0.1) is 0 Å². The fourth-order valence-corrected chi connectivity index (χ4v) is 4.65. The first-order valence-electron chi connectivity index (χ1n) is 8.22. The molecule has 0 spiro atoms. The molecule has 0 amide bonds. The summed E-state index contributed by atoms with van der Waals surface area (Å²) in [6, 6.07) is 7.06. The lowest BCUT2D eigenvalue weighted by molar-refractivity contribution is 0.0848. The molecule has 2 bridgehead atoms. The van der Waals surface area contributed by atoms with E-state index in [2.05, 4.69) is 41.0 Å². The molecule has 3 unspecified atom stereocenters. The number of nitrogens with zero attached hydrogens (tertiary/aromatic N) is 2. The Hall–Kier alpha value is -1.66. The number of likely N-dealkylation sites (N-methyl/N-ethyl adjacent to an activating group) is 1. The fraction of sp³-hybridized carbons (Fsp3) is 0.500. The Balaban J connectivity index is 1.77. The molecule has 2 heterocycles. The van der Waals surface area contributed by atoms with Gasteiger partial charge >= 0.3 is 0 Å². The van der Waals surface area contributed by atoms with E-state index in [0.717, 1.165) is 24.2 Å². The van der Waals surface area contributed by atoms with E-state index in [1.165, 1.54) is 0 Å². The number of benzene rings is 1. The molecule has 3 atom stereocenters. The molecule has 130 valence electrons. The number of hydrogen-bond donors (Lipinski definition) is 1. The highest BCUT2D eigenvalue weighted by molar-refractivity contribution is 7.89. The minimum absolute atomic E-state index is 0.140.